The largest absolute Gasteiger partial charge is 0.425 e. The smallest absolute Gasteiger partial charge is 0.315 e. The van der Waals surface area contributed by atoms with Crippen molar-refractivity contribution in [3.63, 3.8) is 0 Å². The van der Waals surface area contributed by atoms with Gasteiger partial charge in [-0.05, 0) is 61.1 Å². The zero-order chi connectivity index (χ0) is 25.7. The zero-order valence-electron chi connectivity index (χ0n) is 19.7. The standard InChI is InChI=1S/C26H22ClFN4O3S2/c1-15-3-8-18(11-22(15)31-14-24(33)30-37-31)35-25-29-21-12-19(20(27)13-23(21)32(25)36-28)16-4-6-17(7-5-16)26(34)9-2-10-26/h3-8,11-13,34H,2,9-10,14H2,1H3,(H,30,33). The number of nitrogens with zero attached hydrogens (tertiary/aromatic N) is 3. The number of rotatable bonds is 6. The fraction of sp³-hybridized carbons (Fsp3) is 0.231. The van der Waals surface area contributed by atoms with E-state index in [1.165, 1.54) is 16.1 Å². The summed E-state index contributed by atoms with van der Waals surface area (Å²) in [5.74, 6) is 0.384. The van der Waals surface area contributed by atoms with Crippen molar-refractivity contribution in [2.75, 3.05) is 10.8 Å². The average molecular weight is 557 g/mol. The third kappa shape index (κ3) is 4.41. The van der Waals surface area contributed by atoms with Gasteiger partial charge < -0.3 is 9.84 Å². The number of hydrogen-bond acceptors (Lipinski definition) is 7. The first-order valence-corrected chi connectivity index (χ1v) is 13.5. The molecule has 0 unspecified atom stereocenters. The number of imidazole rings is 1. The Bertz CT molecular complexity index is 1520. The van der Waals surface area contributed by atoms with E-state index in [9.17, 15) is 13.8 Å². The lowest BCUT2D eigenvalue weighted by atomic mass is 9.75. The Morgan fingerprint density at radius 1 is 1.19 bits per heavy atom. The molecule has 7 nitrogen and oxygen atoms in total. The van der Waals surface area contributed by atoms with Gasteiger partial charge in [0.2, 0.25) is 0 Å². The molecule has 37 heavy (non-hydrogen) atoms. The molecule has 0 radical (unpaired) electrons. The molecule has 1 aliphatic carbocycles. The van der Waals surface area contributed by atoms with Crippen molar-refractivity contribution in [3.8, 4) is 22.9 Å². The van der Waals surface area contributed by atoms with E-state index >= 15 is 0 Å². The molecule has 1 aliphatic heterocycles. The SMILES string of the molecule is Cc1ccc(Oc2nc3cc(-c4ccc(C5(O)CCC5)cc4)c(Cl)cc3n2SF)cc1N1CC(=O)NS1. The molecule has 2 heterocycles. The maximum absolute atomic E-state index is 14.1. The minimum atomic E-state index is -0.731. The van der Waals surface area contributed by atoms with Crippen molar-refractivity contribution in [2.45, 2.75) is 31.8 Å². The van der Waals surface area contributed by atoms with Crippen LogP contribution in [0.3, 0.4) is 0 Å². The Kier molecular flexibility index (Phi) is 6.22. The first-order valence-electron chi connectivity index (χ1n) is 11.7. The number of benzene rings is 3. The van der Waals surface area contributed by atoms with Crippen molar-refractivity contribution in [2.24, 2.45) is 0 Å². The van der Waals surface area contributed by atoms with Gasteiger partial charge in [-0.15, -0.1) is 3.89 Å². The predicted octanol–water partition coefficient (Wildman–Crippen LogP) is 6.71. The van der Waals surface area contributed by atoms with Gasteiger partial charge in [0.25, 0.3) is 5.91 Å². The molecule has 1 saturated heterocycles. The van der Waals surface area contributed by atoms with Crippen LogP contribution < -0.4 is 13.8 Å². The molecule has 1 saturated carbocycles. The zero-order valence-corrected chi connectivity index (χ0v) is 22.1. The summed E-state index contributed by atoms with van der Waals surface area (Å²) in [6.07, 6.45) is 2.57. The van der Waals surface area contributed by atoms with Crippen molar-refractivity contribution < 1.29 is 18.5 Å². The van der Waals surface area contributed by atoms with Crippen molar-refractivity contribution in [1.82, 2.24) is 13.7 Å². The van der Waals surface area contributed by atoms with E-state index in [0.717, 1.165) is 47.2 Å². The van der Waals surface area contributed by atoms with Crippen molar-refractivity contribution >= 4 is 58.7 Å². The van der Waals surface area contributed by atoms with Crippen molar-refractivity contribution in [1.29, 1.82) is 0 Å². The number of carbonyl (C=O) groups excluding carboxylic acids is 1. The summed E-state index contributed by atoms with van der Waals surface area (Å²) in [6.45, 7) is 2.17. The van der Waals surface area contributed by atoms with Crippen LogP contribution in [-0.2, 0) is 10.4 Å². The molecule has 3 aromatic carbocycles. The van der Waals surface area contributed by atoms with Gasteiger partial charge >= 0.3 is 6.01 Å². The number of carbonyl (C=O) groups is 1. The Balaban J connectivity index is 1.33. The quantitative estimate of drug-likeness (QED) is 0.255. The number of ether oxygens (including phenoxy) is 1. The summed E-state index contributed by atoms with van der Waals surface area (Å²) in [6, 6.07) is 16.7. The summed E-state index contributed by atoms with van der Waals surface area (Å²) >= 11 is 7.82. The third-order valence-corrected chi connectivity index (χ3v) is 8.54. The number of aliphatic hydroxyl groups is 1. The second-order valence-corrected chi connectivity index (χ2v) is 11.0. The number of halogens is 2. The second kappa shape index (κ2) is 9.43. The molecule has 1 aromatic heterocycles. The molecule has 0 bridgehead atoms. The summed E-state index contributed by atoms with van der Waals surface area (Å²) in [4.78, 5) is 16.2. The van der Waals surface area contributed by atoms with Crippen LogP contribution >= 0.6 is 36.1 Å². The summed E-state index contributed by atoms with van der Waals surface area (Å²) < 4.78 is 25.9. The molecule has 1 amide bonds. The fourth-order valence-corrected chi connectivity index (χ4v) is 6.01. The molecule has 4 aromatic rings. The van der Waals surface area contributed by atoms with E-state index in [1.54, 1.807) is 18.2 Å². The minimum absolute atomic E-state index is 0.0187. The molecule has 2 fully saturated rings. The number of aromatic nitrogens is 2. The maximum Gasteiger partial charge on any atom is 0.315 e. The van der Waals surface area contributed by atoms with Crippen molar-refractivity contribution in [3.05, 3.63) is 70.7 Å². The lowest BCUT2D eigenvalue weighted by molar-refractivity contribution is -0.117. The summed E-state index contributed by atoms with van der Waals surface area (Å²) in [7, 11) is 0. The maximum atomic E-state index is 14.1. The monoisotopic (exact) mass is 556 g/mol. The highest BCUT2D eigenvalue weighted by molar-refractivity contribution is 7.99. The number of hydrogen-bond donors (Lipinski definition) is 2. The minimum Gasteiger partial charge on any atom is -0.425 e. The molecule has 0 atom stereocenters. The topological polar surface area (TPSA) is 79.6 Å². The van der Waals surface area contributed by atoms with Gasteiger partial charge in [0.15, 0.2) is 12.3 Å². The highest BCUT2D eigenvalue weighted by Gasteiger charge is 2.36. The van der Waals surface area contributed by atoms with E-state index in [-0.39, 0.29) is 30.8 Å². The number of anilines is 1. The molecule has 2 aliphatic rings. The van der Waals surface area contributed by atoms with Crippen LogP contribution in [0.1, 0.15) is 30.4 Å². The Labute approximate surface area is 226 Å². The molecule has 11 heteroatoms. The second-order valence-electron chi connectivity index (χ2n) is 9.24. The average Bonchev–Trinajstić information content (AvgIpc) is 3.45. The van der Waals surface area contributed by atoms with Gasteiger partial charge in [-0.1, -0.05) is 41.9 Å². The Hall–Kier alpha value is -2.92. The Morgan fingerprint density at radius 3 is 2.62 bits per heavy atom. The first-order chi connectivity index (χ1) is 17.8. The molecular formula is C26H22ClFN4O3S2. The van der Waals surface area contributed by atoms with Gasteiger partial charge in [0.05, 0.1) is 39.5 Å². The summed E-state index contributed by atoms with van der Waals surface area (Å²) in [5.41, 5.74) is 4.59. The van der Waals surface area contributed by atoms with Crippen LogP contribution in [-0.4, -0.2) is 26.5 Å². The van der Waals surface area contributed by atoms with E-state index < -0.39 is 5.60 Å². The fourth-order valence-electron chi connectivity index (χ4n) is 4.63. The predicted molar refractivity (Wildman–Crippen MR) is 146 cm³/mol. The highest BCUT2D eigenvalue weighted by atomic mass is 35.5. The molecule has 6 rings (SSSR count). The highest BCUT2D eigenvalue weighted by Crippen LogP contribution is 2.42. The first kappa shape index (κ1) is 24.4. The van der Waals surface area contributed by atoms with E-state index in [1.807, 2.05) is 47.6 Å². The molecule has 190 valence electrons. The molecule has 0 spiro atoms. The van der Waals surface area contributed by atoms with E-state index in [2.05, 4.69) is 9.71 Å². The summed E-state index contributed by atoms with van der Waals surface area (Å²) in [5, 5.41) is 11.1. The number of aryl methyl sites for hydroxylation is 1. The lowest BCUT2D eigenvalue weighted by Gasteiger charge is -2.37. The van der Waals surface area contributed by atoms with Gasteiger partial charge in [-0.25, -0.2) is 3.97 Å². The Morgan fingerprint density at radius 2 is 1.97 bits per heavy atom. The molecule has 2 N–H and O–H groups in total. The number of amides is 1. The van der Waals surface area contributed by atoms with Gasteiger partial charge in [0, 0.05) is 11.6 Å². The van der Waals surface area contributed by atoms with E-state index in [0.29, 0.717) is 21.8 Å². The third-order valence-electron chi connectivity index (χ3n) is 6.87. The van der Waals surface area contributed by atoms with Crippen LogP contribution in [0.15, 0.2) is 54.6 Å². The van der Waals surface area contributed by atoms with Gasteiger partial charge in [-0.2, -0.15) is 4.98 Å². The lowest BCUT2D eigenvalue weighted by Crippen LogP contribution is -2.33. The van der Waals surface area contributed by atoms with Crippen LogP contribution in [0.25, 0.3) is 22.2 Å². The van der Waals surface area contributed by atoms with Gasteiger partial charge in [-0.3, -0.25) is 13.8 Å². The van der Waals surface area contributed by atoms with Crippen LogP contribution in [0, 0.1) is 6.92 Å². The van der Waals surface area contributed by atoms with Crippen LogP contribution in [0.4, 0.5) is 9.57 Å². The number of nitrogens with one attached hydrogen (secondary N) is 1. The van der Waals surface area contributed by atoms with Crippen LogP contribution in [0.5, 0.6) is 11.8 Å². The molecular weight excluding hydrogens is 535 g/mol. The van der Waals surface area contributed by atoms with Crippen LogP contribution in [0.2, 0.25) is 5.02 Å². The van der Waals surface area contributed by atoms with Gasteiger partial charge in [0.1, 0.15) is 12.3 Å². The number of fused-ring (bicyclic) bond motifs is 1. The van der Waals surface area contributed by atoms with E-state index in [4.69, 9.17) is 16.3 Å². The normalized spacial score (nSPS) is 16.6.